The zero-order chi connectivity index (χ0) is 36.0. The summed E-state index contributed by atoms with van der Waals surface area (Å²) in [5.74, 6) is -0.971. The number of benzene rings is 2. The third-order valence-electron chi connectivity index (χ3n) is 9.70. The lowest BCUT2D eigenvalue weighted by Gasteiger charge is -2.42. The van der Waals surface area contributed by atoms with Gasteiger partial charge in [-0.2, -0.15) is 0 Å². The van der Waals surface area contributed by atoms with Crippen molar-refractivity contribution in [3.8, 4) is 28.1 Å². The molecule has 0 unspecified atom stereocenters. The van der Waals surface area contributed by atoms with Crippen LogP contribution in [0, 0.1) is 25.5 Å². The van der Waals surface area contributed by atoms with E-state index in [2.05, 4.69) is 11.8 Å². The number of hydrogen-bond acceptors (Lipinski definition) is 7. The van der Waals surface area contributed by atoms with Crippen LogP contribution in [0.3, 0.4) is 0 Å². The molecule has 50 heavy (non-hydrogen) atoms. The number of aryl methyl sites for hydroxylation is 1. The van der Waals surface area contributed by atoms with E-state index in [1.54, 1.807) is 6.07 Å². The molecule has 4 aromatic rings. The van der Waals surface area contributed by atoms with Gasteiger partial charge in [-0.25, -0.2) is 18.6 Å². The van der Waals surface area contributed by atoms with E-state index >= 15 is 4.39 Å². The quantitative estimate of drug-likeness (QED) is 0.158. The van der Waals surface area contributed by atoms with Crippen molar-refractivity contribution >= 4 is 17.4 Å². The summed E-state index contributed by atoms with van der Waals surface area (Å²) in [6, 6.07) is 9.49. The Hall–Kier alpha value is -4.28. The van der Waals surface area contributed by atoms with E-state index in [0.29, 0.717) is 37.4 Å². The molecular weight excluding hydrogens is 640 g/mol. The van der Waals surface area contributed by atoms with E-state index in [4.69, 9.17) is 23.9 Å². The Labute approximate surface area is 293 Å². The summed E-state index contributed by atoms with van der Waals surface area (Å²) in [5, 5.41) is 0. The van der Waals surface area contributed by atoms with Crippen LogP contribution >= 0.6 is 0 Å². The standard InChI is InChI=1S/C40H47F2N3O5/c1-24-12-9-10-19-48-40(7)15-17-44(18-16-40)37-33(35(38(46)47-8)50-39(4,5)6)25(2)26(3)36-43-31(23-45(36)37)27-13-11-14-28(20-27)34-30(42)21-29(41)22-32(34)49-24/h9-11,13-14,20-24,35H,12,15-19H2,1-8H3/t24-,35-/m0/s1. The maximum Gasteiger partial charge on any atom is 0.339 e. The topological polar surface area (TPSA) is 74.5 Å². The highest BCUT2D eigenvalue weighted by molar-refractivity contribution is 5.82. The molecule has 3 aliphatic rings. The van der Waals surface area contributed by atoms with Gasteiger partial charge in [0.2, 0.25) is 0 Å². The normalized spacial score (nSPS) is 20.4. The number of rotatable bonds is 3. The van der Waals surface area contributed by atoms with Crippen molar-refractivity contribution in [3.63, 3.8) is 0 Å². The second-order valence-electron chi connectivity index (χ2n) is 14.7. The first-order valence-corrected chi connectivity index (χ1v) is 17.3. The van der Waals surface area contributed by atoms with Crippen molar-refractivity contribution in [1.29, 1.82) is 0 Å². The van der Waals surface area contributed by atoms with E-state index in [1.165, 1.54) is 13.2 Å². The second-order valence-corrected chi connectivity index (χ2v) is 14.7. The number of pyridine rings is 1. The van der Waals surface area contributed by atoms with Gasteiger partial charge >= 0.3 is 5.97 Å². The van der Waals surface area contributed by atoms with Crippen molar-refractivity contribution in [2.75, 3.05) is 31.7 Å². The van der Waals surface area contributed by atoms with Gasteiger partial charge < -0.3 is 23.8 Å². The Bertz CT molecular complexity index is 1940. The first-order chi connectivity index (χ1) is 23.7. The van der Waals surface area contributed by atoms with E-state index < -0.39 is 29.3 Å². The third kappa shape index (κ3) is 7.14. The zero-order valence-corrected chi connectivity index (χ0v) is 30.2. The predicted molar refractivity (Wildman–Crippen MR) is 191 cm³/mol. The molecule has 0 N–H and O–H groups in total. The summed E-state index contributed by atoms with van der Waals surface area (Å²) in [6.07, 6.45) is 6.62. The molecule has 2 aromatic heterocycles. The molecule has 0 radical (unpaired) electrons. The first-order valence-electron chi connectivity index (χ1n) is 17.3. The van der Waals surface area contributed by atoms with Gasteiger partial charge in [-0.15, -0.1) is 0 Å². The number of nitrogens with zero attached hydrogens (tertiary/aromatic N) is 3. The van der Waals surface area contributed by atoms with E-state index in [0.717, 1.165) is 52.6 Å². The molecule has 0 saturated carbocycles. The number of anilines is 1. The maximum absolute atomic E-state index is 15.6. The van der Waals surface area contributed by atoms with Gasteiger partial charge in [-0.1, -0.05) is 30.4 Å². The highest BCUT2D eigenvalue weighted by Crippen LogP contribution is 2.42. The Kier molecular flexibility index (Phi) is 9.81. The van der Waals surface area contributed by atoms with Crippen molar-refractivity contribution in [1.82, 2.24) is 9.38 Å². The van der Waals surface area contributed by atoms with Crippen LogP contribution in [0.2, 0.25) is 0 Å². The van der Waals surface area contributed by atoms with Gasteiger partial charge in [0.25, 0.3) is 0 Å². The van der Waals surface area contributed by atoms with E-state index in [9.17, 15) is 9.18 Å². The van der Waals surface area contributed by atoms with Crippen LogP contribution in [0.1, 0.15) is 76.7 Å². The highest BCUT2D eigenvalue weighted by atomic mass is 19.1. The summed E-state index contributed by atoms with van der Waals surface area (Å²) in [4.78, 5) is 20.9. The van der Waals surface area contributed by atoms with Gasteiger partial charge in [0.15, 0.2) is 6.10 Å². The molecule has 10 heteroatoms. The lowest BCUT2D eigenvalue weighted by atomic mass is 9.92. The molecule has 5 heterocycles. The fourth-order valence-electron chi connectivity index (χ4n) is 6.90. The van der Waals surface area contributed by atoms with Gasteiger partial charge in [0, 0.05) is 49.0 Å². The summed E-state index contributed by atoms with van der Waals surface area (Å²) < 4.78 is 56.5. The lowest BCUT2D eigenvalue weighted by Crippen LogP contribution is -2.45. The number of piperidine rings is 1. The molecule has 2 aromatic carbocycles. The largest absolute Gasteiger partial charge is 0.490 e. The summed E-state index contributed by atoms with van der Waals surface area (Å²) in [6.45, 7) is 15.5. The number of ether oxygens (including phenoxy) is 4. The molecule has 1 saturated heterocycles. The van der Waals surface area contributed by atoms with Crippen molar-refractivity contribution in [2.45, 2.75) is 91.1 Å². The zero-order valence-electron chi connectivity index (χ0n) is 30.2. The molecule has 2 atom stereocenters. The van der Waals surface area contributed by atoms with Crippen molar-refractivity contribution in [3.05, 3.63) is 83.1 Å². The molecule has 0 amide bonds. The number of hydrogen-bond donors (Lipinski definition) is 0. The lowest BCUT2D eigenvalue weighted by molar-refractivity contribution is -0.164. The minimum atomic E-state index is -0.991. The number of halogens is 2. The SMILES string of the molecule is COC(=O)[C@@H](OC(C)(C)C)c1c(C)c(C)c2nc3cn2c1N1CCC(C)(CC1)OCC=CC[C@H](C)Oc1cc(F)cc(F)c1-c1cccc-3c1. The monoisotopic (exact) mass is 687 g/mol. The number of methoxy groups -OCH3 is 1. The average molecular weight is 688 g/mol. The predicted octanol–water partition coefficient (Wildman–Crippen LogP) is 8.70. The smallest absolute Gasteiger partial charge is 0.339 e. The van der Waals surface area contributed by atoms with Crippen LogP contribution in [-0.2, 0) is 19.0 Å². The minimum absolute atomic E-state index is 0.130. The van der Waals surface area contributed by atoms with Gasteiger partial charge in [0.1, 0.15) is 28.8 Å². The van der Waals surface area contributed by atoms with Gasteiger partial charge in [-0.05, 0) is 84.1 Å². The first kappa shape index (κ1) is 35.5. The van der Waals surface area contributed by atoms with Gasteiger partial charge in [0.05, 0.1) is 42.3 Å². The molecule has 0 aliphatic carbocycles. The van der Waals surface area contributed by atoms with Crippen LogP contribution in [0.25, 0.3) is 28.0 Å². The van der Waals surface area contributed by atoms with Crippen molar-refractivity contribution < 1.29 is 32.5 Å². The third-order valence-corrected chi connectivity index (χ3v) is 9.70. The maximum atomic E-state index is 15.6. The molecule has 8 nitrogen and oxygen atoms in total. The number of carbonyl (C=O) groups excluding carboxylic acids is 1. The van der Waals surface area contributed by atoms with Crippen LogP contribution < -0.4 is 9.64 Å². The average Bonchev–Trinajstić information content (AvgIpc) is 3.50. The molecule has 266 valence electrons. The van der Waals surface area contributed by atoms with Crippen LogP contribution in [0.15, 0.2) is 54.7 Å². The second kappa shape index (κ2) is 13.8. The van der Waals surface area contributed by atoms with Crippen LogP contribution in [0.4, 0.5) is 14.6 Å². The summed E-state index contributed by atoms with van der Waals surface area (Å²) in [7, 11) is 1.38. The summed E-state index contributed by atoms with van der Waals surface area (Å²) in [5.41, 5.74) is 4.34. The fraction of sp³-hybridized carbons (Fsp3) is 0.450. The van der Waals surface area contributed by atoms with E-state index in [-0.39, 0.29) is 23.0 Å². The number of esters is 1. The molecule has 3 aliphatic heterocycles. The number of fused-ring (bicyclic) bond motifs is 7. The minimum Gasteiger partial charge on any atom is -0.490 e. The Morgan fingerprint density at radius 3 is 2.48 bits per heavy atom. The number of aromatic nitrogens is 2. The molecule has 6 bridgehead atoms. The fourth-order valence-corrected chi connectivity index (χ4v) is 6.90. The number of imidazole rings is 1. The summed E-state index contributed by atoms with van der Waals surface area (Å²) >= 11 is 0. The highest BCUT2D eigenvalue weighted by Gasteiger charge is 2.38. The Morgan fingerprint density at radius 1 is 1.06 bits per heavy atom. The van der Waals surface area contributed by atoms with Gasteiger partial charge in [-0.3, -0.25) is 4.40 Å². The molecule has 7 rings (SSSR count). The Balaban J connectivity index is 1.60. The number of carbonyl (C=O) groups is 1. The van der Waals surface area contributed by atoms with Crippen molar-refractivity contribution in [2.24, 2.45) is 0 Å². The molecule has 0 spiro atoms. The Morgan fingerprint density at radius 2 is 1.78 bits per heavy atom. The van der Waals surface area contributed by atoms with Crippen LogP contribution in [-0.4, -0.2) is 59.5 Å². The van der Waals surface area contributed by atoms with Crippen LogP contribution in [0.5, 0.6) is 5.75 Å². The molecule has 1 fully saturated rings. The van der Waals surface area contributed by atoms with E-state index in [1.807, 2.05) is 82.5 Å². The molecular formula is C40H47F2N3O5.